The highest BCUT2D eigenvalue weighted by Gasteiger charge is 2.14. The standard InChI is InChI=1S/C21H25FN2O2/c1-14(2)12-16-8-10-17(11-9-16)15(3)24-20(25)13-23-21(26)18-6-4-5-7-19(18)22/h4-11,14-15H,12-13H2,1-3H3,(H,23,26)(H,24,25). The van der Waals surface area contributed by atoms with Crippen molar-refractivity contribution in [2.45, 2.75) is 33.2 Å². The molecule has 26 heavy (non-hydrogen) atoms. The van der Waals surface area contributed by atoms with Gasteiger partial charge in [0.2, 0.25) is 5.91 Å². The van der Waals surface area contributed by atoms with E-state index in [0.717, 1.165) is 12.0 Å². The average molecular weight is 356 g/mol. The molecular formula is C21H25FN2O2. The molecule has 0 heterocycles. The topological polar surface area (TPSA) is 58.2 Å². The first kappa shape index (κ1) is 19.6. The first-order chi connectivity index (χ1) is 12.4. The van der Waals surface area contributed by atoms with E-state index in [1.54, 1.807) is 6.07 Å². The lowest BCUT2D eigenvalue weighted by atomic mass is 10.00. The molecule has 2 rings (SSSR count). The molecule has 2 amide bonds. The molecule has 0 aliphatic heterocycles. The Bertz CT molecular complexity index is 757. The molecule has 4 nitrogen and oxygen atoms in total. The second-order valence-corrected chi connectivity index (χ2v) is 6.79. The smallest absolute Gasteiger partial charge is 0.254 e. The van der Waals surface area contributed by atoms with E-state index in [4.69, 9.17) is 0 Å². The van der Waals surface area contributed by atoms with E-state index < -0.39 is 11.7 Å². The van der Waals surface area contributed by atoms with Crippen LogP contribution in [-0.2, 0) is 11.2 Å². The summed E-state index contributed by atoms with van der Waals surface area (Å²) < 4.78 is 13.5. The van der Waals surface area contributed by atoms with E-state index in [9.17, 15) is 14.0 Å². The molecule has 2 aromatic rings. The van der Waals surface area contributed by atoms with Gasteiger partial charge in [-0.3, -0.25) is 9.59 Å². The molecule has 0 saturated heterocycles. The van der Waals surface area contributed by atoms with Gasteiger partial charge in [-0.2, -0.15) is 0 Å². The van der Waals surface area contributed by atoms with E-state index in [1.165, 1.54) is 23.8 Å². The van der Waals surface area contributed by atoms with Gasteiger partial charge in [0.15, 0.2) is 0 Å². The Morgan fingerprint density at radius 2 is 1.65 bits per heavy atom. The van der Waals surface area contributed by atoms with Gasteiger partial charge in [0, 0.05) is 0 Å². The molecule has 0 bridgehead atoms. The van der Waals surface area contributed by atoms with E-state index in [0.29, 0.717) is 5.92 Å². The first-order valence-electron chi connectivity index (χ1n) is 8.77. The summed E-state index contributed by atoms with van der Waals surface area (Å²) in [7, 11) is 0. The second-order valence-electron chi connectivity index (χ2n) is 6.79. The summed E-state index contributed by atoms with van der Waals surface area (Å²) in [6.45, 7) is 6.02. The van der Waals surface area contributed by atoms with Crippen LogP contribution in [-0.4, -0.2) is 18.4 Å². The van der Waals surface area contributed by atoms with Crippen LogP contribution in [0.1, 0.15) is 48.3 Å². The number of halogens is 1. The van der Waals surface area contributed by atoms with Gasteiger partial charge in [-0.25, -0.2) is 4.39 Å². The van der Waals surface area contributed by atoms with Crippen molar-refractivity contribution in [3.05, 3.63) is 71.0 Å². The highest BCUT2D eigenvalue weighted by atomic mass is 19.1. The van der Waals surface area contributed by atoms with Crippen LogP contribution in [0.3, 0.4) is 0 Å². The Balaban J connectivity index is 1.85. The number of amides is 2. The fraction of sp³-hybridized carbons (Fsp3) is 0.333. The van der Waals surface area contributed by atoms with Crippen LogP contribution in [0.4, 0.5) is 4.39 Å². The molecule has 0 spiro atoms. The molecule has 0 fully saturated rings. The number of hydrogen-bond acceptors (Lipinski definition) is 2. The normalized spacial score (nSPS) is 11.9. The summed E-state index contributed by atoms with van der Waals surface area (Å²) >= 11 is 0. The minimum absolute atomic E-state index is 0.0749. The zero-order valence-corrected chi connectivity index (χ0v) is 15.4. The maximum Gasteiger partial charge on any atom is 0.254 e. The van der Waals surface area contributed by atoms with Crippen LogP contribution in [0, 0.1) is 11.7 Å². The molecule has 0 aliphatic carbocycles. The van der Waals surface area contributed by atoms with Crippen LogP contribution >= 0.6 is 0 Å². The summed E-state index contributed by atoms with van der Waals surface area (Å²) in [5.41, 5.74) is 2.18. The molecule has 0 aromatic heterocycles. The van der Waals surface area contributed by atoms with Gasteiger partial charge in [-0.05, 0) is 42.5 Å². The maximum atomic E-state index is 13.5. The zero-order valence-electron chi connectivity index (χ0n) is 15.4. The predicted molar refractivity (Wildman–Crippen MR) is 100 cm³/mol. The third kappa shape index (κ3) is 5.69. The molecular weight excluding hydrogens is 331 g/mol. The van der Waals surface area contributed by atoms with Gasteiger partial charge in [0.25, 0.3) is 5.91 Å². The molecule has 138 valence electrons. The van der Waals surface area contributed by atoms with Crippen LogP contribution in [0.2, 0.25) is 0 Å². The predicted octanol–water partition coefficient (Wildman–Crippen LogP) is 3.63. The highest BCUT2D eigenvalue weighted by Crippen LogP contribution is 2.15. The fourth-order valence-electron chi connectivity index (χ4n) is 2.69. The lowest BCUT2D eigenvalue weighted by Gasteiger charge is -2.15. The fourth-order valence-corrected chi connectivity index (χ4v) is 2.69. The van der Waals surface area contributed by atoms with Crippen LogP contribution in [0.5, 0.6) is 0 Å². The monoisotopic (exact) mass is 356 g/mol. The highest BCUT2D eigenvalue weighted by molar-refractivity contribution is 5.96. The van der Waals surface area contributed by atoms with Gasteiger partial charge < -0.3 is 10.6 Å². The van der Waals surface area contributed by atoms with Crippen molar-refractivity contribution in [3.8, 4) is 0 Å². The van der Waals surface area contributed by atoms with Gasteiger partial charge in [0.05, 0.1) is 18.2 Å². The summed E-state index contributed by atoms with van der Waals surface area (Å²) in [5, 5.41) is 5.27. The number of nitrogens with one attached hydrogen (secondary N) is 2. The van der Waals surface area contributed by atoms with Gasteiger partial charge in [-0.15, -0.1) is 0 Å². The number of carbonyl (C=O) groups is 2. The molecule has 2 aromatic carbocycles. The van der Waals surface area contributed by atoms with Crippen molar-refractivity contribution in [1.29, 1.82) is 0 Å². The number of benzene rings is 2. The second kappa shape index (κ2) is 9.13. The van der Waals surface area contributed by atoms with Gasteiger partial charge >= 0.3 is 0 Å². The van der Waals surface area contributed by atoms with Crippen molar-refractivity contribution in [1.82, 2.24) is 10.6 Å². The Morgan fingerprint density at radius 3 is 2.27 bits per heavy atom. The van der Waals surface area contributed by atoms with E-state index in [-0.39, 0.29) is 24.1 Å². The Hall–Kier alpha value is -2.69. The van der Waals surface area contributed by atoms with Crippen LogP contribution < -0.4 is 10.6 Å². The summed E-state index contributed by atoms with van der Waals surface area (Å²) in [6.07, 6.45) is 1.02. The third-order valence-electron chi connectivity index (χ3n) is 4.03. The number of hydrogen-bond donors (Lipinski definition) is 2. The van der Waals surface area contributed by atoms with Crippen LogP contribution in [0.25, 0.3) is 0 Å². The Morgan fingerprint density at radius 1 is 1.00 bits per heavy atom. The van der Waals surface area contributed by atoms with Crippen molar-refractivity contribution in [2.75, 3.05) is 6.54 Å². The number of carbonyl (C=O) groups excluding carboxylic acids is 2. The maximum absolute atomic E-state index is 13.5. The van der Waals surface area contributed by atoms with Crippen molar-refractivity contribution >= 4 is 11.8 Å². The summed E-state index contributed by atoms with van der Waals surface area (Å²) in [4.78, 5) is 24.0. The summed E-state index contributed by atoms with van der Waals surface area (Å²) in [6, 6.07) is 13.6. The third-order valence-corrected chi connectivity index (χ3v) is 4.03. The minimum atomic E-state index is -0.611. The molecule has 1 unspecified atom stereocenters. The Kier molecular flexibility index (Phi) is 6.89. The van der Waals surface area contributed by atoms with Crippen LogP contribution in [0.15, 0.2) is 48.5 Å². The molecule has 1 atom stereocenters. The SMILES string of the molecule is CC(C)Cc1ccc(C(C)NC(=O)CNC(=O)c2ccccc2F)cc1. The van der Waals surface area contributed by atoms with E-state index >= 15 is 0 Å². The molecule has 0 aliphatic rings. The molecule has 0 saturated carbocycles. The van der Waals surface area contributed by atoms with Crippen molar-refractivity contribution in [3.63, 3.8) is 0 Å². The quantitative estimate of drug-likeness (QED) is 0.796. The lowest BCUT2D eigenvalue weighted by molar-refractivity contribution is -0.120. The largest absolute Gasteiger partial charge is 0.348 e. The van der Waals surface area contributed by atoms with Crippen molar-refractivity contribution < 1.29 is 14.0 Å². The van der Waals surface area contributed by atoms with Crippen molar-refractivity contribution in [2.24, 2.45) is 5.92 Å². The molecule has 2 N–H and O–H groups in total. The average Bonchev–Trinajstić information content (AvgIpc) is 2.60. The zero-order chi connectivity index (χ0) is 19.1. The first-order valence-corrected chi connectivity index (χ1v) is 8.77. The lowest BCUT2D eigenvalue weighted by Crippen LogP contribution is -2.38. The van der Waals surface area contributed by atoms with Gasteiger partial charge in [0.1, 0.15) is 5.82 Å². The minimum Gasteiger partial charge on any atom is -0.348 e. The summed E-state index contributed by atoms with van der Waals surface area (Å²) in [5.74, 6) is -0.950. The van der Waals surface area contributed by atoms with E-state index in [2.05, 4.69) is 36.6 Å². The number of rotatable bonds is 7. The molecule has 0 radical (unpaired) electrons. The van der Waals surface area contributed by atoms with E-state index in [1.807, 2.05) is 19.1 Å². The Labute approximate surface area is 153 Å². The molecule has 5 heteroatoms. The van der Waals surface area contributed by atoms with Gasteiger partial charge in [-0.1, -0.05) is 50.2 Å².